The lowest BCUT2D eigenvalue weighted by atomic mass is 10.2. The molecule has 0 atom stereocenters. The molecule has 0 N–H and O–H groups in total. The molecule has 0 amide bonds. The van der Waals surface area contributed by atoms with Crippen LogP contribution in [0.5, 0.6) is 0 Å². The fourth-order valence-corrected chi connectivity index (χ4v) is 1.83. The molecule has 1 aromatic rings. The Kier molecular flexibility index (Phi) is 3.41. The first-order valence-corrected chi connectivity index (χ1v) is 4.69. The summed E-state index contributed by atoms with van der Waals surface area (Å²) in [7, 11) is 0. The highest BCUT2D eigenvalue weighted by molar-refractivity contribution is 6.55. The molecule has 1 aromatic carbocycles. The summed E-state index contributed by atoms with van der Waals surface area (Å²) in [5.74, 6) is 0. The zero-order valence-corrected chi connectivity index (χ0v) is 9.38. The van der Waals surface area contributed by atoms with Crippen molar-refractivity contribution in [1.82, 2.24) is 0 Å². The van der Waals surface area contributed by atoms with Gasteiger partial charge in [-0.3, -0.25) is 0 Å². The van der Waals surface area contributed by atoms with E-state index in [9.17, 15) is 0 Å². The molecular weight excluding hydrogens is 261 g/mol. The molecule has 0 fully saturated rings. The SMILES string of the molecule is [CH2]c1c(Cl)c(Cl)c(Cl)c(Cl)c1Cl. The van der Waals surface area contributed by atoms with Gasteiger partial charge < -0.3 is 0 Å². The molecule has 0 saturated carbocycles. The van der Waals surface area contributed by atoms with Gasteiger partial charge in [-0.1, -0.05) is 58.0 Å². The van der Waals surface area contributed by atoms with Crippen LogP contribution in [0.3, 0.4) is 0 Å². The summed E-state index contributed by atoms with van der Waals surface area (Å²) in [6.07, 6.45) is 0. The minimum atomic E-state index is 0.153. The molecule has 0 aliphatic rings. The number of hydrogen-bond donors (Lipinski definition) is 0. The van der Waals surface area contributed by atoms with Crippen molar-refractivity contribution in [3.8, 4) is 0 Å². The minimum Gasteiger partial charge on any atom is -0.0823 e. The second-order valence-corrected chi connectivity index (χ2v) is 3.94. The predicted octanol–water partition coefficient (Wildman–Crippen LogP) is 5.14. The Hall–Kier alpha value is 0.670. The van der Waals surface area contributed by atoms with Crippen molar-refractivity contribution in [3.63, 3.8) is 0 Å². The molecule has 1 radical (unpaired) electrons. The molecule has 0 aliphatic carbocycles. The minimum absolute atomic E-state index is 0.153. The molecule has 0 nitrogen and oxygen atoms in total. The van der Waals surface area contributed by atoms with E-state index in [2.05, 4.69) is 6.92 Å². The van der Waals surface area contributed by atoms with E-state index in [0.717, 1.165) is 0 Å². The van der Waals surface area contributed by atoms with Crippen LogP contribution in [-0.4, -0.2) is 0 Å². The van der Waals surface area contributed by atoms with Crippen molar-refractivity contribution in [2.45, 2.75) is 0 Å². The van der Waals surface area contributed by atoms with Crippen LogP contribution in [0.4, 0.5) is 0 Å². The molecular formula is C7H2Cl5. The van der Waals surface area contributed by atoms with E-state index in [1.54, 1.807) is 0 Å². The van der Waals surface area contributed by atoms with E-state index in [1.165, 1.54) is 0 Å². The topological polar surface area (TPSA) is 0 Å². The Bertz CT molecular complexity index is 226. The maximum absolute atomic E-state index is 5.74. The summed E-state index contributed by atoms with van der Waals surface area (Å²) in [5, 5.41) is 0.975. The summed E-state index contributed by atoms with van der Waals surface area (Å²) < 4.78 is 0. The van der Waals surface area contributed by atoms with E-state index in [4.69, 9.17) is 58.0 Å². The van der Waals surface area contributed by atoms with Gasteiger partial charge in [-0.25, -0.2) is 0 Å². The van der Waals surface area contributed by atoms with Gasteiger partial charge in [-0.05, 0) is 12.5 Å². The van der Waals surface area contributed by atoms with Crippen molar-refractivity contribution in [2.75, 3.05) is 0 Å². The standard InChI is InChI=1S/C7H2Cl5/c1-2-3(8)5(10)7(12)6(11)4(2)9/h1H2. The lowest BCUT2D eigenvalue weighted by molar-refractivity contribution is 1.60. The molecule has 65 valence electrons. The van der Waals surface area contributed by atoms with Gasteiger partial charge in [0.05, 0.1) is 25.1 Å². The smallest absolute Gasteiger partial charge is 0.0809 e. The van der Waals surface area contributed by atoms with Gasteiger partial charge in [-0.15, -0.1) is 0 Å². The van der Waals surface area contributed by atoms with E-state index in [-0.39, 0.29) is 25.1 Å². The second kappa shape index (κ2) is 3.81. The van der Waals surface area contributed by atoms with Gasteiger partial charge in [-0.2, -0.15) is 0 Å². The summed E-state index contributed by atoms with van der Waals surface area (Å²) in [6, 6.07) is 0. The van der Waals surface area contributed by atoms with Gasteiger partial charge in [0.25, 0.3) is 0 Å². The lowest BCUT2D eigenvalue weighted by Gasteiger charge is -2.07. The molecule has 0 bridgehead atoms. The fourth-order valence-electron chi connectivity index (χ4n) is 0.650. The van der Waals surface area contributed by atoms with Gasteiger partial charge >= 0.3 is 0 Å². The third-order valence-corrected chi connectivity index (χ3v) is 3.66. The van der Waals surface area contributed by atoms with Crippen molar-refractivity contribution in [2.24, 2.45) is 0 Å². The van der Waals surface area contributed by atoms with Crippen LogP contribution in [0.2, 0.25) is 25.1 Å². The first-order valence-electron chi connectivity index (χ1n) is 2.80. The number of halogens is 5. The highest BCUT2D eigenvalue weighted by Crippen LogP contribution is 2.43. The molecule has 0 unspecified atom stereocenters. The Morgan fingerprint density at radius 3 is 1.17 bits per heavy atom. The van der Waals surface area contributed by atoms with Crippen molar-refractivity contribution in [3.05, 3.63) is 37.6 Å². The molecule has 0 aromatic heterocycles. The van der Waals surface area contributed by atoms with Gasteiger partial charge in [0.1, 0.15) is 0 Å². The van der Waals surface area contributed by atoms with Gasteiger partial charge in [0, 0.05) is 0 Å². The van der Waals surface area contributed by atoms with E-state index >= 15 is 0 Å². The van der Waals surface area contributed by atoms with E-state index in [0.29, 0.717) is 5.56 Å². The number of rotatable bonds is 0. The van der Waals surface area contributed by atoms with Crippen LogP contribution in [0.15, 0.2) is 0 Å². The monoisotopic (exact) mass is 261 g/mol. The van der Waals surface area contributed by atoms with Crippen LogP contribution in [0.1, 0.15) is 5.56 Å². The summed E-state index contributed by atoms with van der Waals surface area (Å²) in [5.41, 5.74) is 0.387. The second-order valence-electron chi connectivity index (χ2n) is 2.05. The molecule has 12 heavy (non-hydrogen) atoms. The zero-order chi connectivity index (χ0) is 9.46. The molecule has 0 spiro atoms. The molecule has 5 heteroatoms. The normalized spacial score (nSPS) is 10.5. The molecule has 1 rings (SSSR count). The summed E-state index contributed by atoms with van der Waals surface area (Å²) in [6.45, 7) is 3.59. The highest BCUT2D eigenvalue weighted by Gasteiger charge is 2.15. The molecule has 0 saturated heterocycles. The molecule has 0 heterocycles. The Morgan fingerprint density at radius 2 is 0.833 bits per heavy atom. The van der Waals surface area contributed by atoms with Crippen molar-refractivity contribution >= 4 is 58.0 Å². The predicted molar refractivity (Wildman–Crippen MR) is 56.0 cm³/mol. The van der Waals surface area contributed by atoms with E-state index < -0.39 is 0 Å². The van der Waals surface area contributed by atoms with Crippen molar-refractivity contribution in [1.29, 1.82) is 0 Å². The third-order valence-electron chi connectivity index (χ3n) is 1.30. The summed E-state index contributed by atoms with van der Waals surface area (Å²) >= 11 is 28.6. The Balaban J connectivity index is 3.60. The van der Waals surface area contributed by atoms with Crippen LogP contribution >= 0.6 is 58.0 Å². The number of hydrogen-bond acceptors (Lipinski definition) is 0. The molecule has 0 aliphatic heterocycles. The first-order chi connectivity index (χ1) is 5.46. The van der Waals surface area contributed by atoms with Gasteiger partial charge in [0.15, 0.2) is 0 Å². The Labute approximate surface area is 95.3 Å². The average molecular weight is 263 g/mol. The van der Waals surface area contributed by atoms with Crippen LogP contribution in [-0.2, 0) is 0 Å². The third kappa shape index (κ3) is 1.64. The number of benzene rings is 1. The summed E-state index contributed by atoms with van der Waals surface area (Å²) in [4.78, 5) is 0. The average Bonchev–Trinajstić information content (AvgIpc) is 2.08. The maximum atomic E-state index is 5.74. The largest absolute Gasteiger partial charge is 0.0823 e. The van der Waals surface area contributed by atoms with E-state index in [1.807, 2.05) is 0 Å². The fraction of sp³-hybridized carbons (Fsp3) is 0. The van der Waals surface area contributed by atoms with Crippen LogP contribution in [0, 0.1) is 6.92 Å². The lowest BCUT2D eigenvalue weighted by Crippen LogP contribution is -1.83. The van der Waals surface area contributed by atoms with Crippen LogP contribution < -0.4 is 0 Å². The highest BCUT2D eigenvalue weighted by atomic mass is 35.5. The zero-order valence-electron chi connectivity index (χ0n) is 5.60. The van der Waals surface area contributed by atoms with Crippen LogP contribution in [0.25, 0.3) is 0 Å². The quantitative estimate of drug-likeness (QED) is 0.449. The maximum Gasteiger partial charge on any atom is 0.0809 e. The van der Waals surface area contributed by atoms with Crippen molar-refractivity contribution < 1.29 is 0 Å². The Morgan fingerprint density at radius 1 is 0.583 bits per heavy atom. The first kappa shape index (κ1) is 10.7. The van der Waals surface area contributed by atoms with Gasteiger partial charge in [0.2, 0.25) is 0 Å².